The highest BCUT2D eigenvalue weighted by Gasteiger charge is 2.13. The number of hydrogen-bond acceptors (Lipinski definition) is 3. The van der Waals surface area contributed by atoms with Crippen LogP contribution in [0.3, 0.4) is 0 Å². The third-order valence-electron chi connectivity index (χ3n) is 3.26. The van der Waals surface area contributed by atoms with Crippen LogP contribution in [0, 0.1) is 0 Å². The molecule has 2 aromatic carbocycles. The summed E-state index contributed by atoms with van der Waals surface area (Å²) in [7, 11) is 3.65. The Morgan fingerprint density at radius 2 is 1.85 bits per heavy atom. The summed E-state index contributed by atoms with van der Waals surface area (Å²) in [5.41, 5.74) is 2.88. The summed E-state index contributed by atoms with van der Waals surface area (Å²) in [6.07, 6.45) is -0.475. The van der Waals surface area contributed by atoms with Gasteiger partial charge in [0, 0.05) is 11.5 Å². The smallest absolute Gasteiger partial charge is 0.142 e. The zero-order chi connectivity index (χ0) is 14.7. The van der Waals surface area contributed by atoms with Crippen LogP contribution in [0.25, 0.3) is 0 Å². The average Bonchev–Trinajstić information content (AvgIpc) is 2.46. The van der Waals surface area contributed by atoms with Gasteiger partial charge >= 0.3 is 0 Å². The van der Waals surface area contributed by atoms with Crippen molar-refractivity contribution in [3.05, 3.63) is 52.5 Å². The second-order valence-corrected chi connectivity index (χ2v) is 5.47. The molecule has 3 nitrogen and oxygen atoms in total. The van der Waals surface area contributed by atoms with E-state index in [1.807, 2.05) is 49.5 Å². The predicted octanol–water partition coefficient (Wildman–Crippen LogP) is 4.28. The molecule has 0 aromatic heterocycles. The van der Waals surface area contributed by atoms with E-state index >= 15 is 0 Å². The fourth-order valence-electron chi connectivity index (χ4n) is 2.09. The van der Waals surface area contributed by atoms with Crippen molar-refractivity contribution < 1.29 is 9.84 Å². The number of benzene rings is 2. The lowest BCUT2D eigenvalue weighted by Crippen LogP contribution is -2.11. The number of nitrogens with zero attached hydrogens (tertiary/aromatic N) is 1. The first-order valence-electron chi connectivity index (χ1n) is 6.39. The maximum Gasteiger partial charge on any atom is 0.142 e. The molecule has 0 bridgehead atoms. The molecule has 0 fully saturated rings. The second kappa shape index (κ2) is 6.29. The Kier molecular flexibility index (Phi) is 4.68. The lowest BCUT2D eigenvalue weighted by atomic mass is 10.1. The van der Waals surface area contributed by atoms with Gasteiger partial charge in [0.1, 0.15) is 5.75 Å². The monoisotopic (exact) mass is 335 g/mol. The summed E-state index contributed by atoms with van der Waals surface area (Å²) in [5.74, 6) is 0.821. The molecule has 0 aliphatic rings. The molecule has 1 N–H and O–H groups in total. The van der Waals surface area contributed by atoms with E-state index in [4.69, 9.17) is 4.74 Å². The second-order valence-electron chi connectivity index (χ2n) is 4.62. The molecule has 0 unspecified atom stereocenters. The number of aliphatic hydroxyl groups excluding tert-OH is 1. The van der Waals surface area contributed by atoms with Gasteiger partial charge < -0.3 is 14.7 Å². The van der Waals surface area contributed by atoms with Gasteiger partial charge in [-0.15, -0.1) is 0 Å². The van der Waals surface area contributed by atoms with E-state index < -0.39 is 6.10 Å². The van der Waals surface area contributed by atoms with Crippen LogP contribution < -0.4 is 9.64 Å². The summed E-state index contributed by atoms with van der Waals surface area (Å²) in [5, 5.41) is 9.62. The van der Waals surface area contributed by atoms with Gasteiger partial charge in [-0.05, 0) is 52.7 Å². The molecule has 20 heavy (non-hydrogen) atoms. The van der Waals surface area contributed by atoms with Gasteiger partial charge in [-0.3, -0.25) is 0 Å². The van der Waals surface area contributed by atoms with Crippen molar-refractivity contribution in [2.45, 2.75) is 13.0 Å². The molecule has 106 valence electrons. The molecular formula is C16H18BrNO2. The van der Waals surface area contributed by atoms with Crippen LogP contribution >= 0.6 is 15.9 Å². The number of para-hydroxylation sites is 2. The summed E-state index contributed by atoms with van der Waals surface area (Å²) in [6.45, 7) is 1.76. The fraction of sp³-hybridized carbons (Fsp3) is 0.250. The minimum absolute atomic E-state index is 0.475. The van der Waals surface area contributed by atoms with Crippen molar-refractivity contribution in [1.82, 2.24) is 0 Å². The minimum Gasteiger partial charge on any atom is -0.495 e. The Hall–Kier alpha value is -1.52. The molecule has 0 spiro atoms. The topological polar surface area (TPSA) is 32.7 Å². The third kappa shape index (κ3) is 2.97. The Morgan fingerprint density at radius 1 is 1.15 bits per heavy atom. The number of aliphatic hydroxyl groups is 1. The molecule has 2 aromatic rings. The zero-order valence-corrected chi connectivity index (χ0v) is 13.4. The van der Waals surface area contributed by atoms with E-state index in [1.54, 1.807) is 14.0 Å². The van der Waals surface area contributed by atoms with E-state index in [0.29, 0.717) is 0 Å². The van der Waals surface area contributed by atoms with Gasteiger partial charge in [-0.1, -0.05) is 18.2 Å². The third-order valence-corrected chi connectivity index (χ3v) is 3.90. The van der Waals surface area contributed by atoms with E-state index in [9.17, 15) is 5.11 Å². The summed E-state index contributed by atoms with van der Waals surface area (Å²) >= 11 is 3.57. The molecular weight excluding hydrogens is 318 g/mol. The van der Waals surface area contributed by atoms with Gasteiger partial charge in [0.05, 0.1) is 24.6 Å². The van der Waals surface area contributed by atoms with Crippen LogP contribution in [0.2, 0.25) is 0 Å². The highest BCUT2D eigenvalue weighted by molar-refractivity contribution is 9.10. The number of anilines is 2. The Morgan fingerprint density at radius 3 is 2.45 bits per heavy atom. The highest BCUT2D eigenvalue weighted by atomic mass is 79.9. The van der Waals surface area contributed by atoms with Crippen LogP contribution in [0.15, 0.2) is 46.9 Å². The van der Waals surface area contributed by atoms with Gasteiger partial charge in [0.15, 0.2) is 0 Å². The Balaban J connectivity index is 2.40. The SMILES string of the molecule is COc1ccccc1N(C)c1ccc([C@H](C)O)cc1Br. The first-order valence-corrected chi connectivity index (χ1v) is 7.18. The molecule has 0 saturated heterocycles. The van der Waals surface area contributed by atoms with Crippen LogP contribution in [-0.2, 0) is 0 Å². The molecule has 4 heteroatoms. The van der Waals surface area contributed by atoms with Gasteiger partial charge in [-0.25, -0.2) is 0 Å². The van der Waals surface area contributed by atoms with E-state index in [1.165, 1.54) is 0 Å². The van der Waals surface area contributed by atoms with Crippen LogP contribution in [0.5, 0.6) is 5.75 Å². The molecule has 1 atom stereocenters. The Bertz CT molecular complexity index is 599. The van der Waals surface area contributed by atoms with Crippen molar-refractivity contribution in [3.8, 4) is 5.75 Å². The van der Waals surface area contributed by atoms with E-state index in [2.05, 4.69) is 20.8 Å². The van der Waals surface area contributed by atoms with Crippen molar-refractivity contribution >= 4 is 27.3 Å². The fourth-order valence-corrected chi connectivity index (χ4v) is 2.75. The highest BCUT2D eigenvalue weighted by Crippen LogP contribution is 2.36. The number of hydrogen-bond donors (Lipinski definition) is 1. The first kappa shape index (κ1) is 14.9. The zero-order valence-electron chi connectivity index (χ0n) is 11.8. The molecule has 0 amide bonds. The molecule has 2 rings (SSSR count). The summed E-state index contributed by atoms with van der Waals surface area (Å²) in [4.78, 5) is 2.05. The number of rotatable bonds is 4. The van der Waals surface area contributed by atoms with Crippen molar-refractivity contribution in [2.75, 3.05) is 19.1 Å². The summed E-state index contributed by atoms with van der Waals surface area (Å²) in [6, 6.07) is 13.7. The van der Waals surface area contributed by atoms with Gasteiger partial charge in [0.25, 0.3) is 0 Å². The van der Waals surface area contributed by atoms with Crippen molar-refractivity contribution in [2.24, 2.45) is 0 Å². The van der Waals surface area contributed by atoms with Crippen LogP contribution in [-0.4, -0.2) is 19.3 Å². The predicted molar refractivity (Wildman–Crippen MR) is 85.8 cm³/mol. The van der Waals surface area contributed by atoms with Gasteiger partial charge in [-0.2, -0.15) is 0 Å². The normalized spacial score (nSPS) is 12.1. The van der Waals surface area contributed by atoms with E-state index in [0.717, 1.165) is 27.2 Å². The first-order chi connectivity index (χ1) is 9.54. The van der Waals surface area contributed by atoms with Crippen LogP contribution in [0.4, 0.5) is 11.4 Å². The van der Waals surface area contributed by atoms with Gasteiger partial charge in [0.2, 0.25) is 0 Å². The molecule has 0 aliphatic heterocycles. The molecule has 0 aliphatic carbocycles. The maximum atomic E-state index is 9.62. The number of ether oxygens (including phenoxy) is 1. The standard InChI is InChI=1S/C16H18BrNO2/c1-11(19)12-8-9-14(13(17)10-12)18(2)15-6-4-5-7-16(15)20-3/h4-11,19H,1-3H3/t11-/m0/s1. The summed E-state index contributed by atoms with van der Waals surface area (Å²) < 4.78 is 6.33. The largest absolute Gasteiger partial charge is 0.495 e. The molecule has 0 heterocycles. The minimum atomic E-state index is -0.475. The number of halogens is 1. The lowest BCUT2D eigenvalue weighted by molar-refractivity contribution is 0.199. The van der Waals surface area contributed by atoms with E-state index in [-0.39, 0.29) is 0 Å². The molecule has 0 radical (unpaired) electrons. The van der Waals surface area contributed by atoms with Crippen LogP contribution in [0.1, 0.15) is 18.6 Å². The average molecular weight is 336 g/mol. The van der Waals surface area contributed by atoms with Crippen molar-refractivity contribution in [1.29, 1.82) is 0 Å². The number of methoxy groups -OCH3 is 1. The lowest BCUT2D eigenvalue weighted by Gasteiger charge is -2.23. The quantitative estimate of drug-likeness (QED) is 0.905. The maximum absolute atomic E-state index is 9.62. The molecule has 0 saturated carbocycles. The van der Waals surface area contributed by atoms with Crippen molar-refractivity contribution in [3.63, 3.8) is 0 Å². The Labute approximate surface area is 127 Å².